The molecule has 0 radical (unpaired) electrons. The SMILES string of the molecule is CCC(C)C(=O)Nc1ccc(F)c(NC(C)=O)c1. The Balaban J connectivity index is 2.85. The van der Waals surface area contributed by atoms with Crippen LogP contribution in [0.25, 0.3) is 0 Å². The lowest BCUT2D eigenvalue weighted by molar-refractivity contribution is -0.119. The summed E-state index contributed by atoms with van der Waals surface area (Å²) in [5.41, 5.74) is 0.523. The Hall–Kier alpha value is -1.91. The summed E-state index contributed by atoms with van der Waals surface area (Å²) in [6, 6.07) is 4.06. The Morgan fingerprint density at radius 3 is 2.56 bits per heavy atom. The zero-order valence-corrected chi connectivity index (χ0v) is 10.7. The van der Waals surface area contributed by atoms with Gasteiger partial charge < -0.3 is 10.6 Å². The van der Waals surface area contributed by atoms with Gasteiger partial charge >= 0.3 is 0 Å². The molecule has 0 saturated heterocycles. The minimum atomic E-state index is -0.535. The van der Waals surface area contributed by atoms with Crippen LogP contribution in [0, 0.1) is 11.7 Å². The predicted octanol–water partition coefficient (Wildman–Crippen LogP) is 2.77. The number of nitrogens with one attached hydrogen (secondary N) is 2. The molecule has 0 aliphatic carbocycles. The Morgan fingerprint density at radius 1 is 1.33 bits per heavy atom. The lowest BCUT2D eigenvalue weighted by Gasteiger charge is -2.11. The number of benzene rings is 1. The van der Waals surface area contributed by atoms with Crippen molar-refractivity contribution in [1.29, 1.82) is 0 Å². The molecule has 0 saturated carbocycles. The van der Waals surface area contributed by atoms with Crippen LogP contribution < -0.4 is 10.6 Å². The van der Waals surface area contributed by atoms with Gasteiger partial charge in [-0.05, 0) is 24.6 Å². The number of hydrogen-bond acceptors (Lipinski definition) is 2. The van der Waals surface area contributed by atoms with Gasteiger partial charge in [0.1, 0.15) is 5.82 Å². The zero-order valence-electron chi connectivity index (χ0n) is 10.7. The summed E-state index contributed by atoms with van der Waals surface area (Å²) in [7, 11) is 0. The average Bonchev–Trinajstić information content (AvgIpc) is 2.31. The third kappa shape index (κ3) is 3.84. The van der Waals surface area contributed by atoms with E-state index in [-0.39, 0.29) is 23.4 Å². The molecule has 0 spiro atoms. The second kappa shape index (κ2) is 6.14. The van der Waals surface area contributed by atoms with Gasteiger partial charge in [0.05, 0.1) is 5.69 Å². The maximum absolute atomic E-state index is 13.4. The minimum Gasteiger partial charge on any atom is -0.326 e. The number of anilines is 2. The number of carbonyl (C=O) groups is 2. The van der Waals surface area contributed by atoms with Crippen LogP contribution in [0.15, 0.2) is 18.2 Å². The Morgan fingerprint density at radius 2 is 2.00 bits per heavy atom. The quantitative estimate of drug-likeness (QED) is 0.865. The summed E-state index contributed by atoms with van der Waals surface area (Å²) in [6.07, 6.45) is 0.728. The van der Waals surface area contributed by atoms with E-state index in [0.717, 1.165) is 6.42 Å². The minimum absolute atomic E-state index is 0.0597. The highest BCUT2D eigenvalue weighted by atomic mass is 19.1. The smallest absolute Gasteiger partial charge is 0.227 e. The number of amides is 2. The molecule has 1 aromatic carbocycles. The summed E-state index contributed by atoms with van der Waals surface area (Å²) in [6.45, 7) is 5.02. The van der Waals surface area contributed by atoms with E-state index in [0.29, 0.717) is 5.69 Å². The van der Waals surface area contributed by atoms with Crippen molar-refractivity contribution in [2.24, 2.45) is 5.92 Å². The third-order valence-electron chi connectivity index (χ3n) is 2.60. The van der Waals surface area contributed by atoms with E-state index in [9.17, 15) is 14.0 Å². The normalized spacial score (nSPS) is 11.8. The first-order valence-electron chi connectivity index (χ1n) is 5.82. The first-order chi connectivity index (χ1) is 8.43. The molecule has 2 N–H and O–H groups in total. The van der Waals surface area contributed by atoms with Gasteiger partial charge in [-0.2, -0.15) is 0 Å². The summed E-state index contributed by atoms with van der Waals surface area (Å²) in [4.78, 5) is 22.6. The number of carbonyl (C=O) groups excluding carboxylic acids is 2. The Bertz CT molecular complexity index is 460. The molecule has 0 aliphatic rings. The molecular formula is C13H17FN2O2. The maximum atomic E-state index is 13.4. The monoisotopic (exact) mass is 252 g/mol. The van der Waals surface area contributed by atoms with Crippen molar-refractivity contribution >= 4 is 23.2 Å². The van der Waals surface area contributed by atoms with Gasteiger partial charge in [0.25, 0.3) is 0 Å². The first kappa shape index (κ1) is 14.2. The number of rotatable bonds is 4. The van der Waals surface area contributed by atoms with Crippen molar-refractivity contribution in [3.05, 3.63) is 24.0 Å². The topological polar surface area (TPSA) is 58.2 Å². The van der Waals surface area contributed by atoms with E-state index in [1.54, 1.807) is 0 Å². The lowest BCUT2D eigenvalue weighted by atomic mass is 10.1. The molecular weight excluding hydrogens is 235 g/mol. The highest BCUT2D eigenvalue weighted by molar-refractivity contribution is 5.94. The predicted molar refractivity (Wildman–Crippen MR) is 68.8 cm³/mol. The molecule has 98 valence electrons. The highest BCUT2D eigenvalue weighted by Gasteiger charge is 2.12. The molecule has 0 bridgehead atoms. The standard InChI is InChI=1S/C13H17FN2O2/c1-4-8(2)13(18)16-10-5-6-11(14)12(7-10)15-9(3)17/h5-8H,4H2,1-3H3,(H,15,17)(H,16,18). The molecule has 2 amide bonds. The molecule has 0 aromatic heterocycles. The van der Waals surface area contributed by atoms with Crippen molar-refractivity contribution in [2.45, 2.75) is 27.2 Å². The number of halogens is 1. The van der Waals surface area contributed by atoms with Crippen LogP contribution in [0.1, 0.15) is 27.2 Å². The van der Waals surface area contributed by atoms with Gasteiger partial charge in [-0.1, -0.05) is 13.8 Å². The fourth-order valence-corrected chi connectivity index (χ4v) is 1.34. The van der Waals surface area contributed by atoms with E-state index >= 15 is 0 Å². The van der Waals surface area contributed by atoms with Gasteiger partial charge in [-0.25, -0.2) is 4.39 Å². The van der Waals surface area contributed by atoms with E-state index in [2.05, 4.69) is 10.6 Å². The molecule has 4 nitrogen and oxygen atoms in total. The van der Waals surface area contributed by atoms with Crippen LogP contribution in [0.2, 0.25) is 0 Å². The van der Waals surface area contributed by atoms with Crippen molar-refractivity contribution in [3.63, 3.8) is 0 Å². The zero-order chi connectivity index (χ0) is 13.7. The third-order valence-corrected chi connectivity index (χ3v) is 2.60. The molecule has 18 heavy (non-hydrogen) atoms. The Kier molecular flexibility index (Phi) is 4.83. The van der Waals surface area contributed by atoms with Crippen LogP contribution in [-0.4, -0.2) is 11.8 Å². The maximum Gasteiger partial charge on any atom is 0.227 e. The second-order valence-electron chi connectivity index (χ2n) is 4.17. The molecule has 0 heterocycles. The van der Waals surface area contributed by atoms with Crippen LogP contribution in [0.4, 0.5) is 15.8 Å². The van der Waals surface area contributed by atoms with Crippen molar-refractivity contribution in [1.82, 2.24) is 0 Å². The lowest BCUT2D eigenvalue weighted by Crippen LogP contribution is -2.19. The first-order valence-corrected chi connectivity index (χ1v) is 5.82. The molecule has 1 rings (SSSR count). The molecule has 5 heteroatoms. The molecule has 1 aromatic rings. The van der Waals surface area contributed by atoms with Gasteiger partial charge in [0, 0.05) is 18.5 Å². The van der Waals surface area contributed by atoms with E-state index in [1.807, 2.05) is 13.8 Å². The molecule has 0 fully saturated rings. The second-order valence-corrected chi connectivity index (χ2v) is 4.17. The average molecular weight is 252 g/mol. The van der Waals surface area contributed by atoms with Crippen LogP contribution >= 0.6 is 0 Å². The largest absolute Gasteiger partial charge is 0.326 e. The Labute approximate surface area is 106 Å². The van der Waals surface area contributed by atoms with Crippen LogP contribution in [-0.2, 0) is 9.59 Å². The van der Waals surface area contributed by atoms with E-state index < -0.39 is 5.82 Å². The fraction of sp³-hybridized carbons (Fsp3) is 0.385. The summed E-state index contributed by atoms with van der Waals surface area (Å²) in [5, 5.41) is 5.04. The summed E-state index contributed by atoms with van der Waals surface area (Å²) < 4.78 is 13.4. The van der Waals surface area contributed by atoms with Gasteiger partial charge in [-0.15, -0.1) is 0 Å². The summed E-state index contributed by atoms with van der Waals surface area (Å²) >= 11 is 0. The van der Waals surface area contributed by atoms with Crippen LogP contribution in [0.5, 0.6) is 0 Å². The van der Waals surface area contributed by atoms with Gasteiger partial charge in [0.15, 0.2) is 0 Å². The fourth-order valence-electron chi connectivity index (χ4n) is 1.34. The molecule has 1 atom stereocenters. The van der Waals surface area contributed by atoms with Crippen molar-refractivity contribution < 1.29 is 14.0 Å². The molecule has 0 aliphatic heterocycles. The van der Waals surface area contributed by atoms with Crippen LogP contribution in [0.3, 0.4) is 0 Å². The summed E-state index contributed by atoms with van der Waals surface area (Å²) in [5.74, 6) is -1.14. The van der Waals surface area contributed by atoms with E-state index in [4.69, 9.17) is 0 Å². The number of hydrogen-bond donors (Lipinski definition) is 2. The van der Waals surface area contributed by atoms with Crippen molar-refractivity contribution in [2.75, 3.05) is 10.6 Å². The van der Waals surface area contributed by atoms with E-state index in [1.165, 1.54) is 25.1 Å². The van der Waals surface area contributed by atoms with Gasteiger partial charge in [-0.3, -0.25) is 9.59 Å². The highest BCUT2D eigenvalue weighted by Crippen LogP contribution is 2.20. The van der Waals surface area contributed by atoms with Gasteiger partial charge in [0.2, 0.25) is 11.8 Å². The molecule has 1 unspecified atom stereocenters. The van der Waals surface area contributed by atoms with Crippen molar-refractivity contribution in [3.8, 4) is 0 Å².